The number of ether oxygens (including phenoxy) is 1. The Bertz CT molecular complexity index is 1480. The van der Waals surface area contributed by atoms with Gasteiger partial charge in [0.2, 0.25) is 5.09 Å². The van der Waals surface area contributed by atoms with E-state index < -0.39 is 32.9 Å². The topological polar surface area (TPSA) is 134 Å². The summed E-state index contributed by atoms with van der Waals surface area (Å²) in [5, 5.41) is 5.09. The summed E-state index contributed by atoms with van der Waals surface area (Å²) in [6.45, 7) is 5.24. The van der Waals surface area contributed by atoms with Crippen molar-refractivity contribution in [3.63, 3.8) is 0 Å². The van der Waals surface area contributed by atoms with E-state index in [9.17, 15) is 17.8 Å². The highest BCUT2D eigenvalue weighted by molar-refractivity contribution is 7.93. The fourth-order valence-corrected chi connectivity index (χ4v) is 6.32. The van der Waals surface area contributed by atoms with Crippen molar-refractivity contribution < 1.29 is 26.9 Å². The van der Waals surface area contributed by atoms with E-state index in [0.29, 0.717) is 16.7 Å². The minimum atomic E-state index is -4.13. The molecule has 1 atom stereocenters. The molecule has 4 aromatic rings. The lowest BCUT2D eigenvalue weighted by atomic mass is 10.2. The number of rotatable bonds is 7. The van der Waals surface area contributed by atoms with Crippen molar-refractivity contribution in [1.29, 1.82) is 0 Å². The number of aromatic nitrogens is 1. The number of nitrogens with one attached hydrogen (secondary N) is 2. The number of amides is 1. The van der Waals surface area contributed by atoms with Crippen LogP contribution in [0.15, 0.2) is 68.3 Å². The molecule has 9 nitrogen and oxygen atoms in total. The number of hydrogen-bond donors (Lipinski definition) is 2. The average Bonchev–Trinajstić information content (AvgIpc) is 3.39. The van der Waals surface area contributed by atoms with Gasteiger partial charge in [-0.25, -0.2) is 9.78 Å². The van der Waals surface area contributed by atoms with E-state index in [4.69, 9.17) is 20.8 Å². The molecule has 0 bridgehead atoms. The van der Waals surface area contributed by atoms with Crippen molar-refractivity contribution >= 4 is 72.0 Å². The molecule has 0 saturated heterocycles. The van der Waals surface area contributed by atoms with E-state index in [1.165, 1.54) is 24.3 Å². The van der Waals surface area contributed by atoms with Crippen LogP contribution < -0.4 is 10.0 Å². The summed E-state index contributed by atoms with van der Waals surface area (Å²) in [5.74, 6) is -0.0203. The monoisotopic (exact) mass is 567 g/mol. The summed E-state index contributed by atoms with van der Waals surface area (Å²) in [5.41, 5.74) is 0.271. The zero-order valence-corrected chi connectivity index (χ0v) is 22.6. The number of hydrogen-bond acceptors (Lipinski definition) is 8. The van der Waals surface area contributed by atoms with Gasteiger partial charge in [-0.3, -0.25) is 10.0 Å². The first-order valence-corrected chi connectivity index (χ1v) is 14.6. The number of sulfonamides is 1. The maximum atomic E-state index is 13.2. The second-order valence-electron chi connectivity index (χ2n) is 8.61. The van der Waals surface area contributed by atoms with Gasteiger partial charge in [-0.05, 0) is 56.2 Å². The molecule has 0 radical (unpaired) electrons. The van der Waals surface area contributed by atoms with Gasteiger partial charge in [0.05, 0.1) is 0 Å². The molecule has 1 amide bonds. The van der Waals surface area contributed by atoms with Gasteiger partial charge in [0.15, 0.2) is 15.8 Å². The maximum Gasteiger partial charge on any atom is 0.413 e. The normalized spacial score (nSPS) is 12.9. The van der Waals surface area contributed by atoms with Gasteiger partial charge in [-0.15, -0.1) is 11.3 Å². The highest BCUT2D eigenvalue weighted by atomic mass is 35.5. The smallest absolute Gasteiger partial charge is 0.413 e. The van der Waals surface area contributed by atoms with E-state index in [2.05, 4.69) is 15.0 Å². The molecule has 2 heterocycles. The Hall–Kier alpha value is -2.77. The molecule has 2 N–H and O–H groups in total. The highest BCUT2D eigenvalue weighted by Gasteiger charge is 2.26. The highest BCUT2D eigenvalue weighted by Crippen LogP contribution is 2.32. The molecule has 0 aliphatic rings. The van der Waals surface area contributed by atoms with Gasteiger partial charge in [0, 0.05) is 21.9 Å². The SMILES string of the molecule is CC(C)(C)OC(=O)Nc1nc(C[S+]([O-])c2ccc(Cl)cc2NS(=O)(=O)c2cc3ccccc3o2)cs1. The molecule has 36 heavy (non-hydrogen) atoms. The van der Waals surface area contributed by atoms with Crippen LogP contribution in [0.3, 0.4) is 0 Å². The number of para-hydroxylation sites is 1. The summed E-state index contributed by atoms with van der Waals surface area (Å²) in [6.07, 6.45) is -0.649. The molecule has 2 aromatic carbocycles. The lowest BCUT2D eigenvalue weighted by molar-refractivity contribution is 0.0636. The second-order valence-corrected chi connectivity index (χ2v) is 12.9. The van der Waals surface area contributed by atoms with Crippen molar-refractivity contribution in [2.24, 2.45) is 0 Å². The molecule has 0 fully saturated rings. The number of fused-ring (bicyclic) bond motifs is 1. The fraction of sp³-hybridized carbons (Fsp3) is 0.217. The Morgan fingerprint density at radius 2 is 1.97 bits per heavy atom. The summed E-state index contributed by atoms with van der Waals surface area (Å²) in [7, 11) is -4.13. The van der Waals surface area contributed by atoms with E-state index in [1.807, 2.05) is 0 Å². The van der Waals surface area contributed by atoms with Gasteiger partial charge < -0.3 is 13.7 Å². The first-order chi connectivity index (χ1) is 16.9. The lowest BCUT2D eigenvalue weighted by Crippen LogP contribution is -2.27. The Labute approximate surface area is 220 Å². The Morgan fingerprint density at radius 3 is 2.69 bits per heavy atom. The summed E-state index contributed by atoms with van der Waals surface area (Å²) >= 11 is 5.56. The minimum absolute atomic E-state index is 0.0203. The lowest BCUT2D eigenvalue weighted by Gasteiger charge is -2.18. The first-order valence-electron chi connectivity index (χ1n) is 10.5. The van der Waals surface area contributed by atoms with Crippen LogP contribution in [0.4, 0.5) is 15.6 Å². The van der Waals surface area contributed by atoms with Crippen molar-refractivity contribution in [2.45, 2.75) is 42.1 Å². The number of carbonyl (C=O) groups is 1. The molecule has 1 unspecified atom stereocenters. The minimum Gasteiger partial charge on any atom is -0.611 e. The van der Waals surface area contributed by atoms with E-state index >= 15 is 0 Å². The van der Waals surface area contributed by atoms with Crippen LogP contribution in [0.1, 0.15) is 26.5 Å². The number of anilines is 2. The van der Waals surface area contributed by atoms with Gasteiger partial charge >= 0.3 is 6.09 Å². The van der Waals surface area contributed by atoms with Crippen molar-refractivity contribution in [2.75, 3.05) is 10.0 Å². The molecule has 2 aromatic heterocycles. The summed E-state index contributed by atoms with van der Waals surface area (Å²) in [4.78, 5) is 16.4. The molecule has 4 rings (SSSR count). The number of thiazole rings is 1. The second kappa shape index (κ2) is 10.3. The average molecular weight is 568 g/mol. The van der Waals surface area contributed by atoms with Crippen LogP contribution in [-0.4, -0.2) is 29.6 Å². The fourth-order valence-electron chi connectivity index (χ4n) is 3.10. The largest absolute Gasteiger partial charge is 0.611 e. The molecule has 0 saturated carbocycles. The molecular formula is C23H22ClN3O6S3. The quantitative estimate of drug-likeness (QED) is 0.262. The third-order valence-corrected chi connectivity index (χ3v) is 8.20. The molecule has 190 valence electrons. The summed E-state index contributed by atoms with van der Waals surface area (Å²) < 4.78 is 52.3. The number of halogens is 1. The molecule has 0 aliphatic heterocycles. The third kappa shape index (κ3) is 6.51. The van der Waals surface area contributed by atoms with Crippen molar-refractivity contribution in [3.8, 4) is 0 Å². The van der Waals surface area contributed by atoms with Crippen LogP contribution in [0.5, 0.6) is 0 Å². The van der Waals surface area contributed by atoms with Crippen LogP contribution in [-0.2, 0) is 31.7 Å². The Morgan fingerprint density at radius 1 is 1.22 bits per heavy atom. The Balaban J connectivity index is 1.51. The Kier molecular flexibility index (Phi) is 7.53. The van der Waals surface area contributed by atoms with Gasteiger partial charge in [0.25, 0.3) is 10.0 Å². The van der Waals surface area contributed by atoms with Crippen LogP contribution in [0.25, 0.3) is 11.0 Å². The number of carbonyl (C=O) groups excluding carboxylic acids is 1. The maximum absolute atomic E-state index is 13.2. The van der Waals surface area contributed by atoms with Crippen molar-refractivity contribution in [3.05, 3.63) is 64.6 Å². The predicted molar refractivity (Wildman–Crippen MR) is 141 cm³/mol. The van der Waals surface area contributed by atoms with Gasteiger partial charge in [-0.2, -0.15) is 8.42 Å². The third-order valence-electron chi connectivity index (χ3n) is 4.54. The molecular weight excluding hydrogens is 546 g/mol. The predicted octanol–water partition coefficient (Wildman–Crippen LogP) is 6.00. The van der Waals surface area contributed by atoms with E-state index in [-0.39, 0.29) is 31.6 Å². The number of benzene rings is 2. The molecule has 0 aliphatic carbocycles. The molecule has 13 heteroatoms. The van der Waals surface area contributed by atoms with Crippen molar-refractivity contribution in [1.82, 2.24) is 4.98 Å². The zero-order chi connectivity index (χ0) is 26.1. The van der Waals surface area contributed by atoms with Gasteiger partial charge in [0.1, 0.15) is 22.6 Å². The van der Waals surface area contributed by atoms with Crippen LogP contribution in [0, 0.1) is 0 Å². The number of nitrogens with zero attached hydrogens (tertiary/aromatic N) is 1. The molecule has 0 spiro atoms. The zero-order valence-electron chi connectivity index (χ0n) is 19.4. The van der Waals surface area contributed by atoms with E-state index in [1.54, 1.807) is 50.4 Å². The summed E-state index contributed by atoms with van der Waals surface area (Å²) in [6, 6.07) is 12.7. The van der Waals surface area contributed by atoms with Crippen LogP contribution in [0.2, 0.25) is 5.02 Å². The standard InChI is InChI=1S/C23H22ClN3O6S3/c1-23(2,3)33-22(28)26-21-25-16(12-34-21)13-35(29)19-9-8-15(24)11-17(19)27-36(30,31)20-10-14-6-4-5-7-18(14)32-20/h4-12,27H,13H2,1-3H3,(H,25,26,28). The van der Waals surface area contributed by atoms with Gasteiger partial charge in [-0.1, -0.05) is 29.8 Å². The van der Waals surface area contributed by atoms with E-state index in [0.717, 1.165) is 11.3 Å². The first kappa shape index (κ1) is 26.3. The number of furan rings is 1. The van der Waals surface area contributed by atoms with Crippen LogP contribution >= 0.6 is 22.9 Å².